The van der Waals surface area contributed by atoms with Crippen LogP contribution in [-0.2, 0) is 14.3 Å². The molecule has 0 atom stereocenters. The summed E-state index contributed by atoms with van der Waals surface area (Å²) < 4.78 is 21.5. The van der Waals surface area contributed by atoms with E-state index in [-0.39, 0.29) is 19.6 Å². The summed E-state index contributed by atoms with van der Waals surface area (Å²) in [6, 6.07) is 21.3. The Kier molecular flexibility index (Phi) is 10.9. The van der Waals surface area contributed by atoms with E-state index in [1.54, 1.807) is 36.4 Å². The molecule has 0 aliphatic heterocycles. The number of hydrogen-bond acceptors (Lipinski definition) is 7. The molecule has 0 saturated heterocycles. The van der Waals surface area contributed by atoms with Crippen molar-refractivity contribution >= 4 is 17.9 Å². The Labute approximate surface area is 221 Å². The predicted molar refractivity (Wildman–Crippen MR) is 142 cm³/mol. The van der Waals surface area contributed by atoms with Crippen molar-refractivity contribution in [2.75, 3.05) is 19.8 Å². The van der Waals surface area contributed by atoms with Crippen LogP contribution in [0.3, 0.4) is 0 Å². The van der Waals surface area contributed by atoms with Crippen molar-refractivity contribution in [3.8, 4) is 28.4 Å². The second kappa shape index (κ2) is 14.8. The molecule has 0 aliphatic carbocycles. The molecule has 3 aromatic rings. The lowest BCUT2D eigenvalue weighted by Crippen LogP contribution is -2.10. The van der Waals surface area contributed by atoms with E-state index in [1.165, 1.54) is 0 Å². The van der Waals surface area contributed by atoms with Crippen LogP contribution in [0.15, 0.2) is 85.5 Å². The standard InChI is InChI=1S/C30H30O8/c1-2-29(33)37-21-20-36-26-13-7-22(8-14-26)23-9-17-27(18-10-23)38-30(34)24-11-15-25(16-12-24)35-19-5-3-4-6-28(31)32/h2,7-18H,1,3-6,19-21H2,(H,31,32). The number of rotatable bonds is 15. The fraction of sp³-hybridized carbons (Fsp3) is 0.233. The minimum Gasteiger partial charge on any atom is -0.494 e. The van der Waals surface area contributed by atoms with Crippen molar-refractivity contribution < 1.29 is 38.4 Å². The fourth-order valence-corrected chi connectivity index (χ4v) is 3.42. The summed E-state index contributed by atoms with van der Waals surface area (Å²) in [6.45, 7) is 4.20. The highest BCUT2D eigenvalue weighted by Gasteiger charge is 2.10. The molecule has 0 spiro atoms. The summed E-state index contributed by atoms with van der Waals surface area (Å²) in [7, 11) is 0. The van der Waals surface area contributed by atoms with Gasteiger partial charge in [0.15, 0.2) is 0 Å². The van der Waals surface area contributed by atoms with Crippen molar-refractivity contribution in [1.82, 2.24) is 0 Å². The molecule has 198 valence electrons. The van der Waals surface area contributed by atoms with Gasteiger partial charge in [-0.3, -0.25) is 4.79 Å². The van der Waals surface area contributed by atoms with Crippen molar-refractivity contribution in [1.29, 1.82) is 0 Å². The Bertz CT molecular complexity index is 1200. The van der Waals surface area contributed by atoms with E-state index in [0.717, 1.165) is 30.0 Å². The van der Waals surface area contributed by atoms with Crippen LogP contribution in [0.1, 0.15) is 36.0 Å². The molecule has 1 N–H and O–H groups in total. The van der Waals surface area contributed by atoms with Gasteiger partial charge in [0.1, 0.15) is 30.5 Å². The van der Waals surface area contributed by atoms with E-state index in [0.29, 0.717) is 35.8 Å². The zero-order chi connectivity index (χ0) is 27.2. The molecule has 0 bridgehead atoms. The van der Waals surface area contributed by atoms with Gasteiger partial charge in [0.25, 0.3) is 0 Å². The van der Waals surface area contributed by atoms with Crippen LogP contribution < -0.4 is 14.2 Å². The lowest BCUT2D eigenvalue weighted by molar-refractivity contribution is -0.138. The lowest BCUT2D eigenvalue weighted by atomic mass is 10.1. The van der Waals surface area contributed by atoms with Gasteiger partial charge < -0.3 is 24.1 Å². The Morgan fingerprint density at radius 2 is 1.24 bits per heavy atom. The Morgan fingerprint density at radius 1 is 0.684 bits per heavy atom. The first kappa shape index (κ1) is 28.0. The van der Waals surface area contributed by atoms with E-state index >= 15 is 0 Å². The maximum Gasteiger partial charge on any atom is 0.343 e. The minimum absolute atomic E-state index is 0.141. The second-order valence-corrected chi connectivity index (χ2v) is 8.24. The molecular weight excluding hydrogens is 488 g/mol. The predicted octanol–water partition coefficient (Wildman–Crippen LogP) is 5.70. The fourth-order valence-electron chi connectivity index (χ4n) is 3.42. The average molecular weight is 519 g/mol. The van der Waals surface area contributed by atoms with Gasteiger partial charge in [0.05, 0.1) is 12.2 Å². The van der Waals surface area contributed by atoms with Gasteiger partial charge >= 0.3 is 17.9 Å². The molecule has 8 nitrogen and oxygen atoms in total. The van der Waals surface area contributed by atoms with Gasteiger partial charge in [0, 0.05) is 12.5 Å². The largest absolute Gasteiger partial charge is 0.494 e. The Hall–Kier alpha value is -4.59. The maximum absolute atomic E-state index is 12.5. The number of esters is 2. The number of ether oxygens (including phenoxy) is 4. The number of carbonyl (C=O) groups is 3. The van der Waals surface area contributed by atoms with Crippen molar-refractivity contribution in [3.63, 3.8) is 0 Å². The molecule has 0 aliphatic rings. The molecule has 0 unspecified atom stereocenters. The number of unbranched alkanes of at least 4 members (excludes halogenated alkanes) is 2. The minimum atomic E-state index is -0.787. The Balaban J connectivity index is 1.44. The molecule has 3 rings (SSSR count). The summed E-state index contributed by atoms with van der Waals surface area (Å²) in [5.41, 5.74) is 2.31. The molecule has 0 fully saturated rings. The monoisotopic (exact) mass is 518 g/mol. The first-order valence-electron chi connectivity index (χ1n) is 12.2. The van der Waals surface area contributed by atoms with Crippen LogP contribution >= 0.6 is 0 Å². The number of carboxylic acids is 1. The van der Waals surface area contributed by atoms with Crippen LogP contribution in [-0.4, -0.2) is 42.8 Å². The summed E-state index contributed by atoms with van der Waals surface area (Å²) in [5.74, 6) is -0.0321. The van der Waals surface area contributed by atoms with Gasteiger partial charge in [-0.05, 0) is 78.9 Å². The maximum atomic E-state index is 12.5. The van der Waals surface area contributed by atoms with E-state index in [4.69, 9.17) is 24.1 Å². The number of carboxylic acid groups (broad SMARTS) is 1. The molecular formula is C30H30O8. The average Bonchev–Trinajstić information content (AvgIpc) is 2.93. The third-order valence-corrected chi connectivity index (χ3v) is 5.41. The van der Waals surface area contributed by atoms with E-state index < -0.39 is 17.9 Å². The number of carbonyl (C=O) groups excluding carboxylic acids is 2. The molecule has 0 heterocycles. The zero-order valence-electron chi connectivity index (χ0n) is 21.0. The third-order valence-electron chi connectivity index (χ3n) is 5.41. The number of aliphatic carboxylic acids is 1. The molecule has 3 aromatic carbocycles. The number of benzene rings is 3. The summed E-state index contributed by atoms with van der Waals surface area (Å²) in [4.78, 5) is 34.0. The van der Waals surface area contributed by atoms with Gasteiger partial charge in [-0.15, -0.1) is 0 Å². The molecule has 0 saturated carbocycles. The van der Waals surface area contributed by atoms with Crippen molar-refractivity contribution in [2.24, 2.45) is 0 Å². The highest BCUT2D eigenvalue weighted by molar-refractivity contribution is 5.91. The molecule has 8 heteroatoms. The molecule has 0 radical (unpaired) electrons. The molecule has 0 aromatic heterocycles. The third kappa shape index (κ3) is 9.46. The first-order chi connectivity index (χ1) is 18.4. The summed E-state index contributed by atoms with van der Waals surface area (Å²) >= 11 is 0. The Morgan fingerprint density at radius 3 is 1.82 bits per heavy atom. The second-order valence-electron chi connectivity index (χ2n) is 8.24. The van der Waals surface area contributed by atoms with Crippen molar-refractivity contribution in [2.45, 2.75) is 25.7 Å². The quantitative estimate of drug-likeness (QED) is 0.118. The van der Waals surface area contributed by atoms with Gasteiger partial charge in [0.2, 0.25) is 0 Å². The normalized spacial score (nSPS) is 10.3. The highest BCUT2D eigenvalue weighted by Crippen LogP contribution is 2.25. The van der Waals surface area contributed by atoms with Crippen LogP contribution in [0.5, 0.6) is 17.2 Å². The SMILES string of the molecule is C=CC(=O)OCCOc1ccc(-c2ccc(OC(=O)c3ccc(OCCCCCC(=O)O)cc3)cc2)cc1. The summed E-state index contributed by atoms with van der Waals surface area (Å²) in [5, 5.41) is 8.64. The summed E-state index contributed by atoms with van der Waals surface area (Å²) in [6.07, 6.45) is 3.45. The smallest absolute Gasteiger partial charge is 0.343 e. The van der Waals surface area contributed by atoms with E-state index in [1.807, 2.05) is 36.4 Å². The van der Waals surface area contributed by atoms with Crippen LogP contribution in [0.25, 0.3) is 11.1 Å². The molecule has 0 amide bonds. The van der Waals surface area contributed by atoms with E-state index in [9.17, 15) is 14.4 Å². The topological polar surface area (TPSA) is 108 Å². The van der Waals surface area contributed by atoms with Gasteiger partial charge in [-0.25, -0.2) is 9.59 Å². The highest BCUT2D eigenvalue weighted by atomic mass is 16.6. The molecule has 38 heavy (non-hydrogen) atoms. The van der Waals surface area contributed by atoms with E-state index in [2.05, 4.69) is 6.58 Å². The van der Waals surface area contributed by atoms with Crippen LogP contribution in [0.4, 0.5) is 0 Å². The number of hydrogen-bond donors (Lipinski definition) is 1. The van der Waals surface area contributed by atoms with Gasteiger partial charge in [-0.1, -0.05) is 30.8 Å². The van der Waals surface area contributed by atoms with Gasteiger partial charge in [-0.2, -0.15) is 0 Å². The lowest BCUT2D eigenvalue weighted by Gasteiger charge is -2.09. The van der Waals surface area contributed by atoms with Crippen LogP contribution in [0.2, 0.25) is 0 Å². The van der Waals surface area contributed by atoms with Crippen LogP contribution in [0, 0.1) is 0 Å². The zero-order valence-corrected chi connectivity index (χ0v) is 21.0. The van der Waals surface area contributed by atoms with Crippen molar-refractivity contribution in [3.05, 3.63) is 91.0 Å². The first-order valence-corrected chi connectivity index (χ1v) is 12.2.